The van der Waals surface area contributed by atoms with E-state index in [-0.39, 0.29) is 23.6 Å². The fourth-order valence-electron chi connectivity index (χ4n) is 3.25. The van der Waals surface area contributed by atoms with Crippen LogP contribution in [0.5, 0.6) is 11.5 Å². The second-order valence-electron chi connectivity index (χ2n) is 7.21. The van der Waals surface area contributed by atoms with Crippen molar-refractivity contribution in [1.82, 2.24) is 18.7 Å². The molecule has 4 aromatic rings. The van der Waals surface area contributed by atoms with Gasteiger partial charge in [0.1, 0.15) is 12.3 Å². The van der Waals surface area contributed by atoms with Crippen LogP contribution in [0.15, 0.2) is 64.4 Å². The van der Waals surface area contributed by atoms with Crippen molar-refractivity contribution < 1.29 is 9.53 Å². The van der Waals surface area contributed by atoms with Crippen molar-refractivity contribution in [2.24, 2.45) is 14.1 Å². The van der Waals surface area contributed by atoms with Crippen molar-refractivity contribution in [3.8, 4) is 11.5 Å². The van der Waals surface area contributed by atoms with Crippen molar-refractivity contribution in [3.05, 3.63) is 81.3 Å². The van der Waals surface area contributed by atoms with E-state index in [2.05, 4.69) is 10.3 Å². The molecule has 4 rings (SSSR count). The van der Waals surface area contributed by atoms with Crippen LogP contribution in [0.25, 0.3) is 11.2 Å². The molecular weight excluding hydrogens is 398 g/mol. The number of anilines is 1. The number of aromatic nitrogens is 4. The summed E-state index contributed by atoms with van der Waals surface area (Å²) in [5.41, 5.74) is 1.04. The maximum atomic E-state index is 12.7. The molecule has 0 atom stereocenters. The zero-order valence-corrected chi connectivity index (χ0v) is 17.3. The Morgan fingerprint density at radius 3 is 2.48 bits per heavy atom. The maximum absolute atomic E-state index is 12.7. The third kappa shape index (κ3) is 3.85. The topological polar surface area (TPSA) is 100 Å². The minimum absolute atomic E-state index is 0.150. The summed E-state index contributed by atoms with van der Waals surface area (Å²) in [6, 6.07) is 14.7. The smallest absolute Gasteiger partial charge is 0.332 e. The second kappa shape index (κ2) is 7.94. The molecule has 0 bridgehead atoms. The van der Waals surface area contributed by atoms with E-state index in [9.17, 15) is 14.4 Å². The van der Waals surface area contributed by atoms with Crippen LogP contribution >= 0.6 is 0 Å². The number of nitrogens with zero attached hydrogens (tertiary/aromatic N) is 4. The molecule has 1 N–H and O–H groups in total. The van der Waals surface area contributed by atoms with Crippen molar-refractivity contribution in [2.45, 2.75) is 13.5 Å². The summed E-state index contributed by atoms with van der Waals surface area (Å²) < 4.78 is 9.60. The standard InChI is InChI=1S/C22H21N5O4/c1-14-8-10-15(11-9-14)31-17-7-5-4-6-16(17)24-18(28)12-27-13-23-20-19(27)21(29)26(3)22(30)25(20)2/h4-11,13H,12H2,1-3H3,(H,24,28). The summed E-state index contributed by atoms with van der Waals surface area (Å²) in [5.74, 6) is 0.779. The van der Waals surface area contributed by atoms with Crippen molar-refractivity contribution in [1.29, 1.82) is 0 Å². The lowest BCUT2D eigenvalue weighted by Gasteiger charge is -2.13. The molecule has 9 heteroatoms. The van der Waals surface area contributed by atoms with Crippen LogP contribution in [0, 0.1) is 6.92 Å². The number of ether oxygens (including phenoxy) is 1. The lowest BCUT2D eigenvalue weighted by atomic mass is 10.2. The Hall–Kier alpha value is -4.14. The molecule has 0 saturated carbocycles. The average Bonchev–Trinajstić information content (AvgIpc) is 3.17. The number of imidazole rings is 1. The number of carbonyl (C=O) groups is 1. The number of hydrogen-bond acceptors (Lipinski definition) is 5. The average molecular weight is 419 g/mol. The molecule has 0 aliphatic heterocycles. The van der Waals surface area contributed by atoms with Gasteiger partial charge in [-0.1, -0.05) is 29.8 Å². The number of rotatable bonds is 5. The molecule has 2 heterocycles. The molecule has 1 amide bonds. The van der Waals surface area contributed by atoms with Gasteiger partial charge in [0.25, 0.3) is 5.56 Å². The van der Waals surface area contributed by atoms with Crippen LogP contribution in [-0.2, 0) is 25.4 Å². The van der Waals surface area contributed by atoms with Crippen LogP contribution in [0.3, 0.4) is 0 Å². The molecule has 0 aliphatic rings. The number of amides is 1. The Kier molecular flexibility index (Phi) is 5.16. The van der Waals surface area contributed by atoms with Crippen LogP contribution in [0.1, 0.15) is 5.56 Å². The molecular formula is C22H21N5O4. The van der Waals surface area contributed by atoms with Gasteiger partial charge in [0.15, 0.2) is 16.9 Å². The predicted molar refractivity (Wildman–Crippen MR) is 117 cm³/mol. The molecule has 0 radical (unpaired) electrons. The highest BCUT2D eigenvalue weighted by molar-refractivity contribution is 5.92. The summed E-state index contributed by atoms with van der Waals surface area (Å²) in [4.78, 5) is 41.5. The van der Waals surface area contributed by atoms with Crippen LogP contribution in [0.4, 0.5) is 5.69 Å². The first-order valence-electron chi connectivity index (χ1n) is 9.59. The highest BCUT2D eigenvalue weighted by Gasteiger charge is 2.16. The number of fused-ring (bicyclic) bond motifs is 1. The third-order valence-corrected chi connectivity index (χ3v) is 4.94. The van der Waals surface area contributed by atoms with Gasteiger partial charge in [0, 0.05) is 14.1 Å². The number of benzene rings is 2. The summed E-state index contributed by atoms with van der Waals surface area (Å²) in [7, 11) is 2.92. The first-order valence-corrected chi connectivity index (χ1v) is 9.59. The molecule has 0 spiro atoms. The van der Waals surface area contributed by atoms with Gasteiger partial charge < -0.3 is 14.6 Å². The number of aryl methyl sites for hydroxylation is 2. The monoisotopic (exact) mass is 419 g/mol. The third-order valence-electron chi connectivity index (χ3n) is 4.94. The SMILES string of the molecule is Cc1ccc(Oc2ccccc2NC(=O)Cn2cnc3c2c(=O)n(C)c(=O)n3C)cc1. The van der Waals surface area contributed by atoms with Crippen molar-refractivity contribution >= 4 is 22.8 Å². The molecule has 0 unspecified atom stereocenters. The van der Waals surface area contributed by atoms with Gasteiger partial charge in [-0.05, 0) is 31.2 Å². The summed E-state index contributed by atoms with van der Waals surface area (Å²) in [6.45, 7) is 1.84. The lowest BCUT2D eigenvalue weighted by molar-refractivity contribution is -0.116. The van der Waals surface area contributed by atoms with Crippen LogP contribution in [0.2, 0.25) is 0 Å². The fraction of sp³-hybridized carbons (Fsp3) is 0.182. The number of hydrogen-bond donors (Lipinski definition) is 1. The number of para-hydroxylation sites is 2. The van der Waals surface area contributed by atoms with E-state index in [1.807, 2.05) is 37.3 Å². The Morgan fingerprint density at radius 2 is 1.74 bits per heavy atom. The van der Waals surface area contributed by atoms with Gasteiger partial charge in [-0.25, -0.2) is 9.78 Å². The van der Waals surface area contributed by atoms with E-state index in [4.69, 9.17) is 4.74 Å². The lowest BCUT2D eigenvalue weighted by Crippen LogP contribution is -2.37. The van der Waals surface area contributed by atoms with Gasteiger partial charge in [0.05, 0.1) is 12.0 Å². The second-order valence-corrected chi connectivity index (χ2v) is 7.21. The number of nitrogens with one attached hydrogen (secondary N) is 1. The van der Waals surface area contributed by atoms with Gasteiger partial charge in [-0.3, -0.25) is 18.7 Å². The van der Waals surface area contributed by atoms with E-state index in [0.717, 1.165) is 10.1 Å². The highest BCUT2D eigenvalue weighted by Crippen LogP contribution is 2.29. The minimum Gasteiger partial charge on any atom is -0.455 e. The van der Waals surface area contributed by atoms with Crippen molar-refractivity contribution in [2.75, 3.05) is 5.32 Å². The van der Waals surface area contributed by atoms with Crippen LogP contribution < -0.4 is 21.3 Å². The zero-order valence-electron chi connectivity index (χ0n) is 17.3. The summed E-state index contributed by atoms with van der Waals surface area (Å²) in [6.07, 6.45) is 1.37. The van der Waals surface area contributed by atoms with E-state index < -0.39 is 11.2 Å². The van der Waals surface area contributed by atoms with E-state index in [1.54, 1.807) is 18.2 Å². The predicted octanol–water partition coefficient (Wildman–Crippen LogP) is 2.17. The van der Waals surface area contributed by atoms with E-state index >= 15 is 0 Å². The molecule has 9 nitrogen and oxygen atoms in total. The minimum atomic E-state index is -0.508. The first kappa shape index (κ1) is 20.1. The van der Waals surface area contributed by atoms with Gasteiger partial charge >= 0.3 is 5.69 Å². The molecule has 2 aromatic heterocycles. The van der Waals surface area contributed by atoms with Gasteiger partial charge in [0.2, 0.25) is 5.91 Å². The Morgan fingerprint density at radius 1 is 1.03 bits per heavy atom. The molecule has 2 aromatic carbocycles. The number of carbonyl (C=O) groups excluding carboxylic acids is 1. The van der Waals surface area contributed by atoms with Crippen LogP contribution in [-0.4, -0.2) is 24.6 Å². The fourth-order valence-corrected chi connectivity index (χ4v) is 3.25. The molecule has 0 aliphatic carbocycles. The quantitative estimate of drug-likeness (QED) is 0.534. The van der Waals surface area contributed by atoms with E-state index in [0.29, 0.717) is 17.2 Å². The largest absolute Gasteiger partial charge is 0.455 e. The summed E-state index contributed by atoms with van der Waals surface area (Å²) >= 11 is 0. The van der Waals surface area contributed by atoms with Gasteiger partial charge in [-0.2, -0.15) is 0 Å². The first-order chi connectivity index (χ1) is 14.8. The molecule has 0 fully saturated rings. The summed E-state index contributed by atoms with van der Waals surface area (Å²) in [5, 5.41) is 2.82. The zero-order chi connectivity index (χ0) is 22.1. The Balaban J connectivity index is 1.59. The maximum Gasteiger partial charge on any atom is 0.332 e. The van der Waals surface area contributed by atoms with Crippen molar-refractivity contribution in [3.63, 3.8) is 0 Å². The highest BCUT2D eigenvalue weighted by atomic mass is 16.5. The Labute approximate surface area is 177 Å². The Bertz CT molecular complexity index is 1400. The molecule has 0 saturated heterocycles. The molecule has 31 heavy (non-hydrogen) atoms. The molecule has 158 valence electrons. The normalized spacial score (nSPS) is 10.9. The van der Waals surface area contributed by atoms with Gasteiger partial charge in [-0.15, -0.1) is 0 Å². The van der Waals surface area contributed by atoms with E-state index in [1.165, 1.54) is 29.6 Å².